The molecule has 2 aromatic rings. The van der Waals surface area contributed by atoms with Crippen molar-refractivity contribution in [2.45, 2.75) is 43.9 Å². The van der Waals surface area contributed by atoms with Gasteiger partial charge in [0.2, 0.25) is 5.95 Å². The van der Waals surface area contributed by atoms with E-state index in [0.717, 1.165) is 44.5 Å². The number of nitrogens with one attached hydrogen (secondary N) is 2. The Hall–Kier alpha value is -2.60. The summed E-state index contributed by atoms with van der Waals surface area (Å²) in [5.74, 6) is -3.48. The van der Waals surface area contributed by atoms with Crippen molar-refractivity contribution in [3.8, 4) is 6.07 Å². The third kappa shape index (κ3) is 3.25. The Morgan fingerprint density at radius 3 is 2.69 bits per heavy atom. The molecule has 0 bridgehead atoms. The molecule has 0 radical (unpaired) electrons. The fraction of sp³-hybridized carbons (Fsp3) is 0.600. The molecule has 2 N–H and O–H groups in total. The van der Waals surface area contributed by atoms with E-state index in [-0.39, 0.29) is 18.2 Å². The summed E-state index contributed by atoms with van der Waals surface area (Å²) in [5, 5.41) is 23.8. The lowest BCUT2D eigenvalue weighted by Gasteiger charge is -2.53. The second-order valence-corrected chi connectivity index (χ2v) is 8.79. The molecule has 3 heterocycles. The van der Waals surface area contributed by atoms with Crippen molar-refractivity contribution in [1.29, 1.82) is 10.7 Å². The van der Waals surface area contributed by atoms with Crippen LogP contribution >= 0.6 is 0 Å². The van der Waals surface area contributed by atoms with Gasteiger partial charge < -0.3 is 5.32 Å². The summed E-state index contributed by atoms with van der Waals surface area (Å²) < 4.78 is 28.1. The Kier molecular flexibility index (Phi) is 4.10. The van der Waals surface area contributed by atoms with Gasteiger partial charge in [0.15, 0.2) is 5.65 Å². The summed E-state index contributed by atoms with van der Waals surface area (Å²) in [6.45, 7) is 2.55. The molecule has 5 rings (SSSR count). The molecular weight excluding hydrogens is 376 g/mol. The van der Waals surface area contributed by atoms with E-state index in [4.69, 9.17) is 10.7 Å². The monoisotopic (exact) mass is 399 g/mol. The number of rotatable bonds is 4. The highest BCUT2D eigenvalue weighted by molar-refractivity contribution is 5.96. The van der Waals surface area contributed by atoms with Gasteiger partial charge >= 0.3 is 0 Å². The Bertz CT molecular complexity index is 992. The van der Waals surface area contributed by atoms with Crippen molar-refractivity contribution in [3.63, 3.8) is 0 Å². The number of fused-ring (bicyclic) bond motifs is 1. The van der Waals surface area contributed by atoms with Crippen LogP contribution in [-0.2, 0) is 0 Å². The lowest BCUT2D eigenvalue weighted by atomic mass is 9.65. The van der Waals surface area contributed by atoms with E-state index in [1.54, 1.807) is 4.52 Å². The third-order valence-corrected chi connectivity index (χ3v) is 6.69. The predicted molar refractivity (Wildman–Crippen MR) is 103 cm³/mol. The van der Waals surface area contributed by atoms with Gasteiger partial charge in [0.1, 0.15) is 5.84 Å². The fourth-order valence-electron chi connectivity index (χ4n) is 4.98. The van der Waals surface area contributed by atoms with Crippen LogP contribution in [0.5, 0.6) is 0 Å². The molecule has 0 aromatic carbocycles. The Balaban J connectivity index is 1.28. The van der Waals surface area contributed by atoms with Gasteiger partial charge in [-0.1, -0.05) is 6.07 Å². The Morgan fingerprint density at radius 2 is 2.03 bits per heavy atom. The van der Waals surface area contributed by atoms with E-state index in [0.29, 0.717) is 23.5 Å². The number of nitriles is 1. The number of alkyl halides is 2. The van der Waals surface area contributed by atoms with Crippen LogP contribution in [0.3, 0.4) is 0 Å². The zero-order valence-corrected chi connectivity index (χ0v) is 16.0. The van der Waals surface area contributed by atoms with Crippen molar-refractivity contribution in [3.05, 3.63) is 23.9 Å². The second-order valence-electron chi connectivity index (χ2n) is 8.79. The number of likely N-dealkylation sites (tertiary alicyclic amines) is 1. The van der Waals surface area contributed by atoms with Crippen molar-refractivity contribution >= 4 is 17.4 Å². The lowest BCUT2D eigenvalue weighted by molar-refractivity contribution is -0.0232. The fourth-order valence-corrected chi connectivity index (χ4v) is 4.98. The maximum absolute atomic E-state index is 13.2. The molecule has 0 unspecified atom stereocenters. The van der Waals surface area contributed by atoms with Crippen LogP contribution in [-0.4, -0.2) is 50.9 Å². The third-order valence-electron chi connectivity index (χ3n) is 6.69. The van der Waals surface area contributed by atoms with Crippen molar-refractivity contribution in [1.82, 2.24) is 19.5 Å². The molecule has 7 nitrogen and oxygen atoms in total. The molecule has 3 fully saturated rings. The first-order valence-corrected chi connectivity index (χ1v) is 10.1. The molecule has 1 spiro atoms. The zero-order valence-electron chi connectivity index (χ0n) is 16.0. The number of aromatic nitrogens is 3. The lowest BCUT2D eigenvalue weighted by Crippen LogP contribution is -2.57. The molecule has 1 atom stereocenters. The second kappa shape index (κ2) is 6.46. The standard InChI is InChI=1S/C20H23F2N7/c21-20(22)10-14(20)17(24)26-18-25-16-3-1-2-15(29(16)27-18)13-4-6-19(7-5-13)11-28(12-19)9-8-23/h1-3,13-14H,4-7,9-12H2,(H2,24,26,27)/t14-/m1/s1. The Labute approximate surface area is 167 Å². The van der Waals surface area contributed by atoms with Crippen LogP contribution in [0.2, 0.25) is 0 Å². The average Bonchev–Trinajstić information content (AvgIpc) is 3.12. The van der Waals surface area contributed by atoms with E-state index >= 15 is 0 Å². The maximum atomic E-state index is 13.2. The Morgan fingerprint density at radius 1 is 1.31 bits per heavy atom. The van der Waals surface area contributed by atoms with Gasteiger partial charge in [-0.3, -0.25) is 10.3 Å². The van der Waals surface area contributed by atoms with E-state index < -0.39 is 11.8 Å². The van der Waals surface area contributed by atoms with Gasteiger partial charge in [-0.15, -0.1) is 5.10 Å². The largest absolute Gasteiger partial charge is 0.311 e. The summed E-state index contributed by atoms with van der Waals surface area (Å²) >= 11 is 0. The number of amidine groups is 1. The minimum atomic E-state index is -2.78. The van der Waals surface area contributed by atoms with Gasteiger partial charge in [-0.2, -0.15) is 10.2 Å². The first-order chi connectivity index (χ1) is 13.9. The molecule has 9 heteroatoms. The van der Waals surface area contributed by atoms with Gasteiger partial charge in [0, 0.05) is 31.1 Å². The number of hydrogen-bond donors (Lipinski definition) is 2. The summed E-state index contributed by atoms with van der Waals surface area (Å²) in [6.07, 6.45) is 4.11. The van der Waals surface area contributed by atoms with Crippen LogP contribution in [0.1, 0.15) is 43.7 Å². The topological polar surface area (TPSA) is 93.1 Å². The number of anilines is 1. The van der Waals surface area contributed by atoms with E-state index in [9.17, 15) is 8.78 Å². The first kappa shape index (κ1) is 18.4. The molecule has 0 amide bonds. The van der Waals surface area contributed by atoms with Gasteiger partial charge in [-0.25, -0.2) is 13.3 Å². The number of pyridine rings is 1. The van der Waals surface area contributed by atoms with Gasteiger partial charge in [0.25, 0.3) is 5.92 Å². The normalized spacial score (nSPS) is 25.5. The van der Waals surface area contributed by atoms with Crippen LogP contribution in [0.25, 0.3) is 5.65 Å². The number of hydrogen-bond acceptors (Lipinski definition) is 5. The molecule has 1 aliphatic heterocycles. The molecule has 152 valence electrons. The van der Waals surface area contributed by atoms with Crippen molar-refractivity contribution in [2.24, 2.45) is 11.3 Å². The molecule has 2 aliphatic carbocycles. The van der Waals surface area contributed by atoms with Crippen LogP contribution < -0.4 is 5.32 Å². The summed E-state index contributed by atoms with van der Waals surface area (Å²) in [5.41, 5.74) is 2.10. The quantitative estimate of drug-likeness (QED) is 0.468. The predicted octanol–water partition coefficient (Wildman–Crippen LogP) is 3.26. The minimum absolute atomic E-state index is 0.198. The van der Waals surface area contributed by atoms with E-state index in [2.05, 4.69) is 32.4 Å². The summed E-state index contributed by atoms with van der Waals surface area (Å²) in [7, 11) is 0. The smallest absolute Gasteiger partial charge is 0.259 e. The van der Waals surface area contributed by atoms with Crippen molar-refractivity contribution in [2.75, 3.05) is 25.0 Å². The van der Waals surface area contributed by atoms with Gasteiger partial charge in [0.05, 0.1) is 18.5 Å². The zero-order chi connectivity index (χ0) is 20.2. The van der Waals surface area contributed by atoms with E-state index in [1.165, 1.54) is 0 Å². The SMILES string of the molecule is N#CCN1CC2(CCC(c3cccc4nc(NC(=N)[C@H]5CC5(F)F)nn34)CC2)C1. The van der Waals surface area contributed by atoms with Crippen molar-refractivity contribution < 1.29 is 8.78 Å². The highest BCUT2D eigenvalue weighted by Crippen LogP contribution is 2.49. The molecule has 1 saturated heterocycles. The molecule has 2 aromatic heterocycles. The number of nitrogens with zero attached hydrogens (tertiary/aromatic N) is 5. The first-order valence-electron chi connectivity index (χ1n) is 10.1. The highest BCUT2D eigenvalue weighted by atomic mass is 19.3. The summed E-state index contributed by atoms with van der Waals surface area (Å²) in [4.78, 5) is 6.57. The molecule has 2 saturated carbocycles. The number of halogens is 2. The van der Waals surface area contributed by atoms with Crippen LogP contribution in [0, 0.1) is 28.1 Å². The minimum Gasteiger partial charge on any atom is -0.311 e. The van der Waals surface area contributed by atoms with E-state index in [1.807, 2.05) is 12.1 Å². The van der Waals surface area contributed by atoms with Crippen LogP contribution in [0.4, 0.5) is 14.7 Å². The van der Waals surface area contributed by atoms with Crippen LogP contribution in [0.15, 0.2) is 18.2 Å². The summed E-state index contributed by atoms with van der Waals surface area (Å²) in [6, 6.07) is 8.07. The average molecular weight is 399 g/mol. The van der Waals surface area contributed by atoms with Gasteiger partial charge in [-0.05, 0) is 43.2 Å². The molecule has 3 aliphatic rings. The maximum Gasteiger partial charge on any atom is 0.259 e. The molecular formula is C20H23F2N7. The molecule has 29 heavy (non-hydrogen) atoms. The highest BCUT2D eigenvalue weighted by Gasteiger charge is 2.59.